The van der Waals surface area contributed by atoms with Crippen LogP contribution < -0.4 is 0 Å². The maximum Gasteiger partial charge on any atom is 0.318 e. The van der Waals surface area contributed by atoms with Crippen LogP contribution in [0.5, 0.6) is 0 Å². The van der Waals surface area contributed by atoms with Gasteiger partial charge in [-0.15, -0.1) is 35.3 Å². The molecule has 0 radical (unpaired) electrons. The molecule has 0 aromatic carbocycles. The second kappa shape index (κ2) is 13.6. The lowest BCUT2D eigenvalue weighted by atomic mass is 10.6. The maximum atomic E-state index is 11.4. The molecule has 0 saturated heterocycles. The van der Waals surface area contributed by atoms with Gasteiger partial charge < -0.3 is 29.5 Å². The first-order chi connectivity index (χ1) is 11.4. The lowest BCUT2D eigenvalue weighted by Crippen LogP contribution is -2.24. The summed E-state index contributed by atoms with van der Waals surface area (Å²) in [6.45, 7) is -0.390. The van der Waals surface area contributed by atoms with Gasteiger partial charge in [-0.1, -0.05) is 6.92 Å². The first-order valence-electron chi connectivity index (χ1n) is 6.64. The molecule has 0 amide bonds. The molecule has 0 aliphatic carbocycles. The molecular formula is C12H20O9S3. The van der Waals surface area contributed by atoms with Crippen molar-refractivity contribution < 1.29 is 43.9 Å². The van der Waals surface area contributed by atoms with Crippen LogP contribution in [0.4, 0.5) is 0 Å². The fourth-order valence-electron chi connectivity index (χ4n) is 1.28. The summed E-state index contributed by atoms with van der Waals surface area (Å²) >= 11 is 3.41. The second-order valence-corrected chi connectivity index (χ2v) is 8.44. The van der Waals surface area contributed by atoms with E-state index in [1.807, 2.05) is 0 Å². The van der Waals surface area contributed by atoms with E-state index in [1.165, 1.54) is 0 Å². The fraction of sp³-hybridized carbons (Fsp3) is 0.750. The van der Waals surface area contributed by atoms with Crippen molar-refractivity contribution in [1.82, 2.24) is 0 Å². The highest BCUT2D eigenvalue weighted by atomic mass is 32.3. The first kappa shape index (κ1) is 23.3. The van der Waals surface area contributed by atoms with Crippen molar-refractivity contribution in [3.63, 3.8) is 0 Å². The van der Waals surface area contributed by atoms with E-state index in [9.17, 15) is 14.4 Å². The van der Waals surface area contributed by atoms with E-state index in [1.54, 1.807) is 6.92 Å². The Labute approximate surface area is 151 Å². The number of hydrogen-bond donors (Lipinski definition) is 3. The molecule has 0 aliphatic heterocycles. The third-order valence-corrected chi connectivity index (χ3v) is 7.79. The molecule has 0 atom stereocenters. The first-order valence-corrected chi connectivity index (χ1v) is 9.60. The van der Waals surface area contributed by atoms with E-state index < -0.39 is 41.7 Å². The van der Waals surface area contributed by atoms with E-state index >= 15 is 0 Å². The highest BCUT2D eigenvalue weighted by molar-refractivity contribution is 8.34. The quantitative estimate of drug-likeness (QED) is 0.211. The van der Waals surface area contributed by atoms with E-state index in [2.05, 4.69) is 14.2 Å². The van der Waals surface area contributed by atoms with Crippen molar-refractivity contribution in [2.45, 2.75) is 16.8 Å². The van der Waals surface area contributed by atoms with Crippen LogP contribution in [-0.2, 0) is 28.6 Å². The number of thioether (sulfide) groups is 3. The molecule has 0 rings (SSSR count). The Balaban J connectivity index is 4.81. The molecule has 0 heterocycles. The monoisotopic (exact) mass is 404 g/mol. The average molecular weight is 404 g/mol. The van der Waals surface area contributed by atoms with Gasteiger partial charge >= 0.3 is 17.9 Å². The summed E-state index contributed by atoms with van der Waals surface area (Å²) < 4.78 is 12.5. The molecule has 12 heteroatoms. The van der Waals surface area contributed by atoms with Gasteiger partial charge in [-0.2, -0.15) is 0 Å². The van der Waals surface area contributed by atoms with Crippen molar-refractivity contribution in [2.75, 3.05) is 37.6 Å². The number of carbonyl (C=O) groups excluding carboxylic acids is 3. The van der Waals surface area contributed by atoms with Crippen molar-refractivity contribution in [3.05, 3.63) is 0 Å². The Hall–Kier alpha value is -0.660. The average Bonchev–Trinajstić information content (AvgIpc) is 2.55. The summed E-state index contributed by atoms with van der Waals surface area (Å²) in [4.78, 5) is 34.2. The lowest BCUT2D eigenvalue weighted by Gasteiger charge is -2.30. The zero-order valence-electron chi connectivity index (χ0n) is 13.0. The van der Waals surface area contributed by atoms with Crippen molar-refractivity contribution in [2.24, 2.45) is 0 Å². The van der Waals surface area contributed by atoms with E-state index in [-0.39, 0.29) is 17.3 Å². The predicted octanol–water partition coefficient (Wildman–Crippen LogP) is -0.271. The van der Waals surface area contributed by atoms with Crippen LogP contribution in [0, 0.1) is 0 Å². The van der Waals surface area contributed by atoms with Gasteiger partial charge in [-0.25, -0.2) is 0 Å². The van der Waals surface area contributed by atoms with E-state index in [0.29, 0.717) is 6.42 Å². The molecule has 0 spiro atoms. The zero-order valence-corrected chi connectivity index (χ0v) is 15.4. The van der Waals surface area contributed by atoms with Gasteiger partial charge in [0.25, 0.3) is 0 Å². The van der Waals surface area contributed by atoms with Gasteiger partial charge in [0.15, 0.2) is 20.4 Å². The van der Waals surface area contributed by atoms with Crippen LogP contribution in [0.25, 0.3) is 0 Å². The van der Waals surface area contributed by atoms with Gasteiger partial charge in [-0.3, -0.25) is 14.4 Å². The SMILES string of the molecule is CCC(SCC(=O)OCO)(SCC(=O)OCO)SCC(=O)OCO. The molecule has 9 nitrogen and oxygen atoms in total. The minimum absolute atomic E-state index is 0.0987. The number of carbonyl (C=O) groups is 3. The maximum absolute atomic E-state index is 11.4. The minimum Gasteiger partial charge on any atom is -0.438 e. The Kier molecular flexibility index (Phi) is 13.2. The number of esters is 3. The van der Waals surface area contributed by atoms with Gasteiger partial charge in [0.2, 0.25) is 0 Å². The van der Waals surface area contributed by atoms with Crippen LogP contribution in [-0.4, -0.2) is 74.3 Å². The summed E-state index contributed by atoms with van der Waals surface area (Å²) in [7, 11) is 0. The normalized spacial score (nSPS) is 11.0. The highest BCUT2D eigenvalue weighted by Gasteiger charge is 2.33. The van der Waals surface area contributed by atoms with Crippen LogP contribution in [0.1, 0.15) is 13.3 Å². The zero-order chi connectivity index (χ0) is 18.4. The predicted molar refractivity (Wildman–Crippen MR) is 89.9 cm³/mol. The molecule has 0 unspecified atom stereocenters. The molecule has 24 heavy (non-hydrogen) atoms. The van der Waals surface area contributed by atoms with Gasteiger partial charge in [0.05, 0.1) is 17.3 Å². The van der Waals surface area contributed by atoms with Crippen LogP contribution >= 0.6 is 35.3 Å². The molecule has 0 aliphatic rings. The molecule has 0 saturated carbocycles. The van der Waals surface area contributed by atoms with E-state index in [0.717, 1.165) is 35.3 Å². The van der Waals surface area contributed by atoms with Gasteiger partial charge in [-0.05, 0) is 6.42 Å². The third kappa shape index (κ3) is 10.3. The summed E-state index contributed by atoms with van der Waals surface area (Å²) in [6.07, 6.45) is 0.470. The minimum atomic E-state index is -0.766. The van der Waals surface area contributed by atoms with Gasteiger partial charge in [0.1, 0.15) is 3.41 Å². The Morgan fingerprint density at radius 3 is 1.25 bits per heavy atom. The number of ether oxygens (including phenoxy) is 3. The van der Waals surface area contributed by atoms with Gasteiger partial charge in [0, 0.05) is 0 Å². The standard InChI is InChI=1S/C12H20O9S3/c1-2-12(22-3-9(16)19-6-13,23-4-10(17)20-7-14)24-5-11(18)21-8-15/h13-15H,2-8H2,1H3. The summed E-state index contributed by atoms with van der Waals surface area (Å²) in [5.74, 6) is -2.22. The molecule has 0 aromatic rings. The number of hydrogen-bond acceptors (Lipinski definition) is 12. The molecule has 0 bridgehead atoms. The van der Waals surface area contributed by atoms with Crippen molar-refractivity contribution in [1.29, 1.82) is 0 Å². The number of aliphatic hydroxyl groups is 3. The number of aliphatic hydroxyl groups excluding tert-OH is 3. The Morgan fingerprint density at radius 1 is 0.750 bits per heavy atom. The fourth-order valence-corrected chi connectivity index (χ4v) is 5.22. The van der Waals surface area contributed by atoms with Crippen molar-refractivity contribution in [3.8, 4) is 0 Å². The number of rotatable bonds is 13. The van der Waals surface area contributed by atoms with Crippen LogP contribution in [0.2, 0.25) is 0 Å². The Bertz CT molecular complexity index is 350. The smallest absolute Gasteiger partial charge is 0.318 e. The molecule has 0 fully saturated rings. The highest BCUT2D eigenvalue weighted by Crippen LogP contribution is 2.49. The van der Waals surface area contributed by atoms with Crippen LogP contribution in [0.15, 0.2) is 0 Å². The van der Waals surface area contributed by atoms with E-state index in [4.69, 9.17) is 15.3 Å². The summed E-state index contributed by atoms with van der Waals surface area (Å²) in [6, 6.07) is 0. The molecule has 140 valence electrons. The lowest BCUT2D eigenvalue weighted by molar-refractivity contribution is -0.149. The molecule has 3 N–H and O–H groups in total. The third-order valence-electron chi connectivity index (χ3n) is 2.34. The second-order valence-electron chi connectivity index (χ2n) is 3.84. The largest absolute Gasteiger partial charge is 0.438 e. The topological polar surface area (TPSA) is 140 Å². The summed E-state index contributed by atoms with van der Waals surface area (Å²) in [5.41, 5.74) is 0. The van der Waals surface area contributed by atoms with Crippen LogP contribution in [0.3, 0.4) is 0 Å². The summed E-state index contributed by atoms with van der Waals surface area (Å²) in [5, 5.41) is 25.7. The molecule has 0 aromatic heterocycles. The van der Waals surface area contributed by atoms with Crippen molar-refractivity contribution >= 4 is 53.2 Å². The Morgan fingerprint density at radius 2 is 1.04 bits per heavy atom. The molecular weight excluding hydrogens is 384 g/mol.